The summed E-state index contributed by atoms with van der Waals surface area (Å²) in [4.78, 5) is 37.2. The molecule has 2 N–H and O–H groups in total. The fourth-order valence-corrected chi connectivity index (χ4v) is 5.03. The zero-order valence-electron chi connectivity index (χ0n) is 15.4. The number of amides is 2. The van der Waals surface area contributed by atoms with Crippen molar-refractivity contribution >= 4 is 29.2 Å². The Labute approximate surface area is 166 Å². The molecule has 2 aromatic rings. The van der Waals surface area contributed by atoms with E-state index in [4.69, 9.17) is 4.74 Å². The molecule has 0 spiro atoms. The first kappa shape index (κ1) is 17.8. The van der Waals surface area contributed by atoms with Gasteiger partial charge in [0.05, 0.1) is 11.8 Å². The van der Waals surface area contributed by atoms with Crippen LogP contribution in [0.25, 0.3) is 0 Å². The lowest BCUT2D eigenvalue weighted by Gasteiger charge is -2.23. The molecule has 0 aromatic heterocycles. The molecule has 7 heteroatoms. The van der Waals surface area contributed by atoms with Gasteiger partial charge in [-0.3, -0.25) is 14.4 Å². The van der Waals surface area contributed by atoms with Gasteiger partial charge in [0.15, 0.2) is 0 Å². The Morgan fingerprint density at radius 2 is 1.59 bits per heavy atom. The molecule has 1 heterocycles. The fourth-order valence-electron chi connectivity index (χ4n) is 5.03. The van der Waals surface area contributed by atoms with Gasteiger partial charge in [-0.05, 0) is 67.3 Å². The minimum atomic E-state index is -0.375. The van der Waals surface area contributed by atoms with Crippen molar-refractivity contribution in [2.45, 2.75) is 18.9 Å². The summed E-state index contributed by atoms with van der Waals surface area (Å²) >= 11 is 0. The van der Waals surface area contributed by atoms with Crippen molar-refractivity contribution in [1.82, 2.24) is 0 Å². The minimum Gasteiger partial charge on any atom is -0.462 e. The topological polar surface area (TPSA) is 84.5 Å². The summed E-state index contributed by atoms with van der Waals surface area (Å²) in [5.74, 6) is -1.39. The van der Waals surface area contributed by atoms with E-state index in [-0.39, 0.29) is 53.4 Å². The predicted octanol–water partition coefficient (Wildman–Crippen LogP) is 3.21. The van der Waals surface area contributed by atoms with E-state index in [1.807, 2.05) is 0 Å². The van der Waals surface area contributed by atoms with Gasteiger partial charge in [-0.25, -0.2) is 4.39 Å². The molecule has 1 saturated heterocycles. The molecule has 148 valence electrons. The van der Waals surface area contributed by atoms with Crippen LogP contribution in [0.5, 0.6) is 0 Å². The van der Waals surface area contributed by atoms with E-state index in [0.29, 0.717) is 16.9 Å². The lowest BCUT2D eigenvalue weighted by Crippen LogP contribution is -2.35. The fraction of sp³-hybridized carbons (Fsp3) is 0.318. The molecule has 6 nitrogen and oxygen atoms in total. The van der Waals surface area contributed by atoms with Crippen molar-refractivity contribution in [3.8, 4) is 0 Å². The van der Waals surface area contributed by atoms with Crippen LogP contribution < -0.4 is 10.6 Å². The van der Waals surface area contributed by atoms with Crippen LogP contribution in [0.1, 0.15) is 23.2 Å². The number of carbonyl (C=O) groups is 3. The van der Waals surface area contributed by atoms with Gasteiger partial charge in [-0.15, -0.1) is 0 Å². The molecule has 2 bridgehead atoms. The third-order valence-electron chi connectivity index (χ3n) is 6.30. The van der Waals surface area contributed by atoms with Crippen molar-refractivity contribution in [2.75, 3.05) is 10.6 Å². The van der Waals surface area contributed by atoms with Gasteiger partial charge in [0.1, 0.15) is 11.9 Å². The Morgan fingerprint density at radius 3 is 2.31 bits per heavy atom. The zero-order valence-corrected chi connectivity index (χ0v) is 15.4. The van der Waals surface area contributed by atoms with Crippen LogP contribution in [0.4, 0.5) is 15.8 Å². The summed E-state index contributed by atoms with van der Waals surface area (Å²) in [6.45, 7) is 0. The lowest BCUT2D eigenvalue weighted by atomic mass is 9.79. The first-order valence-electron chi connectivity index (χ1n) is 9.68. The second-order valence-electron chi connectivity index (χ2n) is 7.95. The highest BCUT2D eigenvalue weighted by Gasteiger charge is 2.63. The number of nitrogens with one attached hydrogen (secondary N) is 2. The van der Waals surface area contributed by atoms with Gasteiger partial charge in [0.25, 0.3) is 5.91 Å². The summed E-state index contributed by atoms with van der Waals surface area (Å²) < 4.78 is 18.3. The van der Waals surface area contributed by atoms with Crippen LogP contribution in [0, 0.1) is 29.5 Å². The van der Waals surface area contributed by atoms with Crippen molar-refractivity contribution in [3.63, 3.8) is 0 Å². The van der Waals surface area contributed by atoms with Crippen molar-refractivity contribution in [2.24, 2.45) is 23.7 Å². The number of rotatable bonds is 4. The number of hydrogen-bond acceptors (Lipinski definition) is 4. The third kappa shape index (κ3) is 3.06. The lowest BCUT2D eigenvalue weighted by molar-refractivity contribution is -0.145. The third-order valence-corrected chi connectivity index (χ3v) is 6.30. The second kappa shape index (κ2) is 6.69. The van der Waals surface area contributed by atoms with Gasteiger partial charge < -0.3 is 15.4 Å². The molecule has 2 aliphatic carbocycles. The molecule has 2 aromatic carbocycles. The highest BCUT2D eigenvalue weighted by Crippen LogP contribution is 2.57. The number of carbonyl (C=O) groups excluding carboxylic acids is 3. The Bertz CT molecular complexity index is 987. The predicted molar refractivity (Wildman–Crippen MR) is 102 cm³/mol. The van der Waals surface area contributed by atoms with Crippen LogP contribution in [-0.2, 0) is 14.3 Å². The van der Waals surface area contributed by atoms with E-state index < -0.39 is 0 Å². The monoisotopic (exact) mass is 394 g/mol. The summed E-state index contributed by atoms with van der Waals surface area (Å²) in [5, 5.41) is 5.56. The minimum absolute atomic E-state index is 0.000420. The first-order valence-corrected chi connectivity index (χ1v) is 9.68. The highest BCUT2D eigenvalue weighted by molar-refractivity contribution is 6.04. The summed E-state index contributed by atoms with van der Waals surface area (Å²) in [5.41, 5.74) is 1.47. The average molecular weight is 394 g/mol. The molecule has 5 atom stereocenters. The Hall–Kier alpha value is -3.22. The number of fused-ring (bicyclic) bond motifs is 1. The van der Waals surface area contributed by atoms with Crippen LogP contribution in [0.2, 0.25) is 0 Å². The smallest absolute Gasteiger partial charge is 0.310 e. The van der Waals surface area contributed by atoms with Crippen molar-refractivity contribution in [3.05, 3.63) is 59.9 Å². The molecule has 2 amide bonds. The molecule has 1 aliphatic heterocycles. The molecular formula is C22H19FN2O4. The van der Waals surface area contributed by atoms with Crippen LogP contribution in [0.3, 0.4) is 0 Å². The number of ether oxygens (including phenoxy) is 1. The van der Waals surface area contributed by atoms with Crippen LogP contribution >= 0.6 is 0 Å². The van der Waals surface area contributed by atoms with Gasteiger partial charge in [-0.1, -0.05) is 0 Å². The number of esters is 1. The maximum Gasteiger partial charge on any atom is 0.310 e. The largest absolute Gasteiger partial charge is 0.462 e. The van der Waals surface area contributed by atoms with Gasteiger partial charge >= 0.3 is 5.97 Å². The van der Waals surface area contributed by atoms with E-state index in [0.717, 1.165) is 12.8 Å². The van der Waals surface area contributed by atoms with E-state index in [1.165, 1.54) is 24.3 Å². The molecule has 5 rings (SSSR count). The Kier molecular flexibility index (Phi) is 4.12. The molecule has 2 saturated carbocycles. The summed E-state index contributed by atoms with van der Waals surface area (Å²) in [7, 11) is 0. The maximum absolute atomic E-state index is 13.0. The molecule has 0 unspecified atom stereocenters. The van der Waals surface area contributed by atoms with E-state index >= 15 is 0 Å². The Morgan fingerprint density at radius 1 is 0.931 bits per heavy atom. The van der Waals surface area contributed by atoms with Crippen LogP contribution in [0.15, 0.2) is 48.5 Å². The van der Waals surface area contributed by atoms with Gasteiger partial charge in [0.2, 0.25) is 5.91 Å². The average Bonchev–Trinajstić information content (AvgIpc) is 3.33. The molecule has 3 fully saturated rings. The number of hydrogen-bond donors (Lipinski definition) is 2. The Balaban J connectivity index is 1.24. The number of benzene rings is 2. The summed E-state index contributed by atoms with van der Waals surface area (Å²) in [6.07, 6.45) is 1.65. The maximum atomic E-state index is 13.0. The summed E-state index contributed by atoms with van der Waals surface area (Å²) in [6, 6.07) is 12.0. The number of anilines is 2. The van der Waals surface area contributed by atoms with E-state index in [2.05, 4.69) is 10.6 Å². The van der Waals surface area contributed by atoms with Crippen molar-refractivity contribution < 1.29 is 23.5 Å². The standard InChI is InChI=1S/C22H19FN2O4/c23-13-3-7-15(8-4-13)24-20(26)11-1-5-14(6-2-11)25-21(27)18-12-9-16-17(10-12)29-22(28)19(16)18/h1-8,12,16-19H,9-10H2,(H,24,26)(H,25,27)/t12-,16-,17+,18-,19-/m0/s1. The van der Waals surface area contributed by atoms with E-state index in [9.17, 15) is 18.8 Å². The SMILES string of the molecule is O=C(Nc1ccc(F)cc1)c1ccc(NC(=O)[C@H]2[C@H]3C[C@@H]4[C@@H]2C(=O)O[C@@H]4C3)cc1. The molecule has 3 aliphatic rings. The molecular weight excluding hydrogens is 375 g/mol. The quantitative estimate of drug-likeness (QED) is 0.780. The normalized spacial score (nSPS) is 28.9. The van der Waals surface area contributed by atoms with Gasteiger partial charge in [0, 0.05) is 22.9 Å². The van der Waals surface area contributed by atoms with Crippen molar-refractivity contribution in [1.29, 1.82) is 0 Å². The van der Waals surface area contributed by atoms with Gasteiger partial charge in [-0.2, -0.15) is 0 Å². The second-order valence-corrected chi connectivity index (χ2v) is 7.95. The van der Waals surface area contributed by atoms with Crippen LogP contribution in [-0.4, -0.2) is 23.9 Å². The number of halogens is 1. The zero-order chi connectivity index (χ0) is 20.1. The highest BCUT2D eigenvalue weighted by atomic mass is 19.1. The van der Waals surface area contributed by atoms with E-state index in [1.54, 1.807) is 24.3 Å². The molecule has 0 radical (unpaired) electrons. The first-order chi connectivity index (χ1) is 14.0. The molecule has 29 heavy (non-hydrogen) atoms.